The van der Waals surface area contributed by atoms with Gasteiger partial charge in [0.05, 0.1) is 5.69 Å². The first-order valence-corrected chi connectivity index (χ1v) is 21.8. The van der Waals surface area contributed by atoms with E-state index in [2.05, 4.69) is 193 Å². The van der Waals surface area contributed by atoms with Crippen LogP contribution < -0.4 is 4.90 Å². The van der Waals surface area contributed by atoms with Crippen LogP contribution in [0.1, 0.15) is 0 Å². The number of nitrogens with zero attached hydrogens (tertiary/aromatic N) is 4. The predicted octanol–water partition coefficient (Wildman–Crippen LogP) is 15.9. The molecule has 0 fully saturated rings. The van der Waals surface area contributed by atoms with E-state index >= 15 is 0 Å². The Balaban J connectivity index is 1.10. The molecule has 63 heavy (non-hydrogen) atoms. The third kappa shape index (κ3) is 6.61. The summed E-state index contributed by atoms with van der Waals surface area (Å²) in [5, 5.41) is 4.28. The van der Waals surface area contributed by atoms with Crippen LogP contribution in [0.25, 0.3) is 98.5 Å². The van der Waals surface area contributed by atoms with E-state index < -0.39 is 0 Å². The third-order valence-electron chi connectivity index (χ3n) is 11.7. The van der Waals surface area contributed by atoms with Gasteiger partial charge in [-0.05, 0) is 76.9 Å². The molecule has 0 aliphatic rings. The molecule has 296 valence electrons. The predicted molar refractivity (Wildman–Crippen MR) is 262 cm³/mol. The Kier molecular flexibility index (Phi) is 8.94. The Labute approximate surface area is 367 Å². The minimum atomic E-state index is 0.563. The summed E-state index contributed by atoms with van der Waals surface area (Å²) in [5.41, 5.74) is 11.8. The highest BCUT2D eigenvalue weighted by Crippen LogP contribution is 2.45. The number of fused-ring (bicyclic) bond motifs is 6. The van der Waals surface area contributed by atoms with Crippen LogP contribution in [0.3, 0.4) is 0 Å². The van der Waals surface area contributed by atoms with E-state index in [4.69, 9.17) is 19.4 Å². The molecule has 0 amide bonds. The van der Waals surface area contributed by atoms with Gasteiger partial charge < -0.3 is 9.32 Å². The first-order valence-electron chi connectivity index (χ1n) is 21.0. The number of benzene rings is 9. The lowest BCUT2D eigenvalue weighted by Gasteiger charge is -2.26. The first kappa shape index (κ1) is 36.6. The number of anilines is 3. The zero-order chi connectivity index (χ0) is 41.7. The molecule has 0 bridgehead atoms. The highest BCUT2D eigenvalue weighted by atomic mass is 32.1. The largest absolute Gasteiger partial charge is 0.456 e. The molecule has 5 nitrogen and oxygen atoms in total. The van der Waals surface area contributed by atoms with Crippen LogP contribution in [0.5, 0.6) is 0 Å². The summed E-state index contributed by atoms with van der Waals surface area (Å²) in [4.78, 5) is 18.3. The third-order valence-corrected chi connectivity index (χ3v) is 12.8. The smallest absolute Gasteiger partial charge is 0.164 e. The van der Waals surface area contributed by atoms with Gasteiger partial charge in [-0.15, -0.1) is 11.3 Å². The summed E-state index contributed by atoms with van der Waals surface area (Å²) in [5.74, 6) is 1.78. The quantitative estimate of drug-likeness (QED) is 0.153. The van der Waals surface area contributed by atoms with Gasteiger partial charge >= 0.3 is 0 Å². The molecule has 0 atom stereocenters. The number of rotatable bonds is 8. The Morgan fingerprint density at radius 2 is 0.889 bits per heavy atom. The molecule has 0 N–H and O–H groups in total. The van der Waals surface area contributed by atoms with Crippen molar-refractivity contribution >= 4 is 70.5 Å². The van der Waals surface area contributed by atoms with E-state index in [0.29, 0.717) is 17.5 Å². The molecule has 3 heterocycles. The van der Waals surface area contributed by atoms with E-state index in [-0.39, 0.29) is 0 Å². The molecule has 0 saturated heterocycles. The molecule has 0 unspecified atom stereocenters. The van der Waals surface area contributed by atoms with Crippen molar-refractivity contribution in [1.29, 1.82) is 0 Å². The van der Waals surface area contributed by atoms with Gasteiger partial charge in [0, 0.05) is 65.1 Å². The summed E-state index contributed by atoms with van der Waals surface area (Å²) in [7, 11) is 0. The van der Waals surface area contributed by atoms with Crippen molar-refractivity contribution in [2.75, 3.05) is 4.90 Å². The maximum atomic E-state index is 6.75. The maximum Gasteiger partial charge on any atom is 0.164 e. The van der Waals surface area contributed by atoms with Crippen molar-refractivity contribution < 1.29 is 4.42 Å². The van der Waals surface area contributed by atoms with Crippen LogP contribution in [0.2, 0.25) is 0 Å². The lowest BCUT2D eigenvalue weighted by Crippen LogP contribution is -2.10. The fourth-order valence-corrected chi connectivity index (χ4v) is 9.93. The molecule has 6 heteroatoms. The van der Waals surface area contributed by atoms with Crippen molar-refractivity contribution in [3.05, 3.63) is 218 Å². The number of furan rings is 1. The van der Waals surface area contributed by atoms with E-state index in [0.717, 1.165) is 72.2 Å². The molecule has 9 aromatic carbocycles. The monoisotopic (exact) mass is 824 g/mol. The molecule has 0 aliphatic carbocycles. The second-order valence-corrected chi connectivity index (χ2v) is 16.7. The topological polar surface area (TPSA) is 55.1 Å². The molecule has 3 aromatic heterocycles. The number of thiophene rings is 1. The van der Waals surface area contributed by atoms with E-state index in [1.807, 2.05) is 30.3 Å². The molecule has 12 rings (SSSR count). The lowest BCUT2D eigenvalue weighted by atomic mass is 9.98. The number of para-hydroxylation sites is 2. The maximum absolute atomic E-state index is 6.75. The lowest BCUT2D eigenvalue weighted by molar-refractivity contribution is 0.669. The highest BCUT2D eigenvalue weighted by molar-refractivity contribution is 7.25. The molecule has 0 saturated carbocycles. The highest BCUT2D eigenvalue weighted by Gasteiger charge is 2.23. The first-order chi connectivity index (χ1) is 31.2. The minimum Gasteiger partial charge on any atom is -0.456 e. The van der Waals surface area contributed by atoms with Crippen LogP contribution >= 0.6 is 11.3 Å². The van der Waals surface area contributed by atoms with E-state index in [1.54, 1.807) is 11.3 Å². The summed E-state index contributed by atoms with van der Waals surface area (Å²) in [6.45, 7) is 0. The molecular weight excluding hydrogens is 789 g/mol. The average molecular weight is 825 g/mol. The van der Waals surface area contributed by atoms with Gasteiger partial charge in [0.2, 0.25) is 0 Å². The van der Waals surface area contributed by atoms with Gasteiger partial charge in [0.1, 0.15) is 11.2 Å². The van der Waals surface area contributed by atoms with E-state index in [9.17, 15) is 0 Å². The van der Waals surface area contributed by atoms with Crippen molar-refractivity contribution in [1.82, 2.24) is 15.0 Å². The normalized spacial score (nSPS) is 11.5. The molecule has 0 radical (unpaired) electrons. The zero-order valence-corrected chi connectivity index (χ0v) is 34.7. The molecule has 0 aliphatic heterocycles. The van der Waals surface area contributed by atoms with Gasteiger partial charge in [0.15, 0.2) is 17.5 Å². The Bertz CT molecular complexity index is 3640. The summed E-state index contributed by atoms with van der Waals surface area (Å²) >= 11 is 1.79. The Hall–Kier alpha value is -8.19. The SMILES string of the molecule is c1ccc(-c2cccc(-c3cccc(N(c4ccccc4)c4cc(-c5nc(-c6ccccc6)nc(-c6cccc7sc8ccccc8c67)n5)c5c(c4)oc4ccccc45)c3)c2)cc1. The summed E-state index contributed by atoms with van der Waals surface area (Å²) in [6.07, 6.45) is 0. The van der Waals surface area contributed by atoms with Gasteiger partial charge in [-0.25, -0.2) is 15.0 Å². The minimum absolute atomic E-state index is 0.563. The van der Waals surface area contributed by atoms with Crippen molar-refractivity contribution in [2.45, 2.75) is 0 Å². The fraction of sp³-hybridized carbons (Fsp3) is 0. The van der Waals surface area contributed by atoms with Gasteiger partial charge in [-0.3, -0.25) is 0 Å². The van der Waals surface area contributed by atoms with Crippen molar-refractivity contribution in [2.24, 2.45) is 0 Å². The summed E-state index contributed by atoms with van der Waals surface area (Å²) < 4.78 is 9.17. The average Bonchev–Trinajstić information content (AvgIpc) is 3.93. The van der Waals surface area contributed by atoms with Crippen LogP contribution in [0.4, 0.5) is 17.1 Å². The fourth-order valence-electron chi connectivity index (χ4n) is 8.80. The van der Waals surface area contributed by atoms with Gasteiger partial charge in [-0.1, -0.05) is 158 Å². The standard InChI is InChI=1S/C57H36N4OS/c1-4-17-37(18-5-1)39-21-14-22-40(33-39)41-23-15-26-43(34-41)61(42-24-8-3-9-25-42)44-35-48(53-45-27-10-12-30-49(45)62-50(53)36-44)57-59-55(38-19-6-2-7-20-38)58-56(60-57)47-29-16-32-52-54(47)46-28-11-13-31-51(46)63-52/h1-36H. The van der Waals surface area contributed by atoms with Gasteiger partial charge in [-0.2, -0.15) is 0 Å². The Morgan fingerprint density at radius 3 is 1.68 bits per heavy atom. The number of hydrogen-bond donors (Lipinski definition) is 0. The van der Waals surface area contributed by atoms with Crippen LogP contribution in [-0.4, -0.2) is 15.0 Å². The van der Waals surface area contributed by atoms with E-state index in [1.165, 1.54) is 25.9 Å². The number of hydrogen-bond acceptors (Lipinski definition) is 6. The van der Waals surface area contributed by atoms with Crippen molar-refractivity contribution in [3.63, 3.8) is 0 Å². The zero-order valence-electron chi connectivity index (χ0n) is 33.9. The molecule has 12 aromatic rings. The van der Waals surface area contributed by atoms with Crippen LogP contribution in [-0.2, 0) is 0 Å². The molecule has 0 spiro atoms. The second kappa shape index (κ2) is 15.4. The number of aromatic nitrogens is 3. The van der Waals surface area contributed by atoms with Crippen LogP contribution in [0, 0.1) is 0 Å². The van der Waals surface area contributed by atoms with Crippen molar-refractivity contribution in [3.8, 4) is 56.4 Å². The molecular formula is C57H36N4OS. The Morgan fingerprint density at radius 1 is 0.333 bits per heavy atom. The summed E-state index contributed by atoms with van der Waals surface area (Å²) in [6, 6.07) is 76.3. The van der Waals surface area contributed by atoms with Gasteiger partial charge in [0.25, 0.3) is 0 Å². The second-order valence-electron chi connectivity index (χ2n) is 15.6. The van der Waals surface area contributed by atoms with Crippen LogP contribution in [0.15, 0.2) is 223 Å².